The normalized spacial score (nSPS) is 16.3. The summed E-state index contributed by atoms with van der Waals surface area (Å²) in [5, 5.41) is 6.09. The number of rotatable bonds is 7. The lowest BCUT2D eigenvalue weighted by Crippen LogP contribution is -2.24. The quantitative estimate of drug-likeness (QED) is 0.692. The van der Waals surface area contributed by atoms with Crippen molar-refractivity contribution in [2.45, 2.75) is 33.2 Å². The van der Waals surface area contributed by atoms with E-state index in [1.54, 1.807) is 11.9 Å². The third-order valence-electron chi connectivity index (χ3n) is 4.49. The molecule has 28 heavy (non-hydrogen) atoms. The van der Waals surface area contributed by atoms with E-state index in [1.165, 1.54) is 0 Å². The minimum Gasteiger partial charge on any atom is -0.494 e. The summed E-state index contributed by atoms with van der Waals surface area (Å²) < 4.78 is 11.0. The van der Waals surface area contributed by atoms with Crippen LogP contribution in [0.15, 0.2) is 59.7 Å². The molecule has 3 rings (SSSR count). The van der Waals surface area contributed by atoms with Gasteiger partial charge in [0.15, 0.2) is 0 Å². The number of hydrogen-bond acceptors (Lipinski definition) is 4. The van der Waals surface area contributed by atoms with E-state index in [9.17, 15) is 4.79 Å². The van der Waals surface area contributed by atoms with Crippen LogP contribution >= 0.6 is 0 Å². The lowest BCUT2D eigenvalue weighted by Gasteiger charge is -2.20. The van der Waals surface area contributed by atoms with Gasteiger partial charge in [-0.15, -0.1) is 0 Å². The van der Waals surface area contributed by atoms with Crippen LogP contribution in [0.25, 0.3) is 6.08 Å². The summed E-state index contributed by atoms with van der Waals surface area (Å²) in [5.74, 6) is 1.62. The average Bonchev–Trinajstić information content (AvgIpc) is 3.13. The van der Waals surface area contributed by atoms with Gasteiger partial charge >= 0.3 is 0 Å². The predicted molar refractivity (Wildman–Crippen MR) is 112 cm³/mol. The Morgan fingerprint density at radius 2 is 1.57 bits per heavy atom. The molecule has 146 valence electrons. The number of nitrogens with zero attached hydrogens (tertiary/aromatic N) is 2. The molecule has 0 saturated heterocycles. The Labute approximate surface area is 166 Å². The van der Waals surface area contributed by atoms with Crippen molar-refractivity contribution in [1.82, 2.24) is 5.01 Å². The van der Waals surface area contributed by atoms with E-state index < -0.39 is 0 Å². The van der Waals surface area contributed by atoms with E-state index in [1.807, 2.05) is 74.5 Å². The number of hydrazone groups is 1. The topological polar surface area (TPSA) is 51.1 Å². The smallest absolute Gasteiger partial charge is 0.240 e. The Morgan fingerprint density at radius 3 is 2.11 bits per heavy atom. The highest BCUT2D eigenvalue weighted by Crippen LogP contribution is 2.32. The number of amides is 1. The molecule has 0 N–H and O–H groups in total. The lowest BCUT2D eigenvalue weighted by atomic mass is 10.0. The number of carbonyl (C=O) groups excluding carboxylic acids is 1. The molecule has 0 aliphatic carbocycles. The zero-order valence-electron chi connectivity index (χ0n) is 16.6. The molecule has 2 aromatic carbocycles. The second-order valence-electron chi connectivity index (χ2n) is 6.51. The van der Waals surface area contributed by atoms with E-state index in [4.69, 9.17) is 9.47 Å². The molecule has 0 spiro atoms. The fourth-order valence-corrected chi connectivity index (χ4v) is 3.17. The van der Waals surface area contributed by atoms with Crippen molar-refractivity contribution in [2.24, 2.45) is 5.10 Å². The highest BCUT2D eigenvalue weighted by Gasteiger charge is 2.29. The van der Waals surface area contributed by atoms with Crippen LogP contribution in [0.2, 0.25) is 0 Å². The molecule has 1 unspecified atom stereocenters. The van der Waals surface area contributed by atoms with E-state index in [-0.39, 0.29) is 11.9 Å². The number of carbonyl (C=O) groups is 1. The van der Waals surface area contributed by atoms with Crippen LogP contribution in [0.1, 0.15) is 44.4 Å². The summed E-state index contributed by atoms with van der Waals surface area (Å²) in [6, 6.07) is 15.7. The van der Waals surface area contributed by atoms with Crippen molar-refractivity contribution >= 4 is 17.7 Å². The largest absolute Gasteiger partial charge is 0.494 e. The molecule has 0 radical (unpaired) electrons. The molecular weight excluding hydrogens is 352 g/mol. The number of allylic oxidation sites excluding steroid dienone is 1. The van der Waals surface area contributed by atoms with Gasteiger partial charge in [0.05, 0.1) is 25.0 Å². The molecule has 5 heteroatoms. The van der Waals surface area contributed by atoms with Gasteiger partial charge < -0.3 is 9.47 Å². The monoisotopic (exact) mass is 378 g/mol. The highest BCUT2D eigenvalue weighted by atomic mass is 16.5. The second kappa shape index (κ2) is 9.22. The minimum absolute atomic E-state index is 0.0663. The second-order valence-corrected chi connectivity index (χ2v) is 6.51. The first-order valence-corrected chi connectivity index (χ1v) is 9.61. The first-order chi connectivity index (χ1) is 13.6. The summed E-state index contributed by atoms with van der Waals surface area (Å²) in [6.07, 6.45) is 4.66. The number of ether oxygens (including phenoxy) is 2. The van der Waals surface area contributed by atoms with Crippen molar-refractivity contribution in [3.05, 3.63) is 65.7 Å². The average molecular weight is 378 g/mol. The summed E-state index contributed by atoms with van der Waals surface area (Å²) in [7, 11) is 0. The maximum Gasteiger partial charge on any atom is 0.240 e. The van der Waals surface area contributed by atoms with Crippen molar-refractivity contribution in [3.63, 3.8) is 0 Å². The Balaban J connectivity index is 1.72. The maximum atomic E-state index is 12.1. The summed E-state index contributed by atoms with van der Waals surface area (Å²) in [5.41, 5.74) is 2.99. The molecular formula is C23H26N2O3. The SMILES string of the molecule is CCOc1ccc(/C=C/C2=NN(C(C)=O)C(c3ccc(OCC)cc3)C2)cc1. The summed E-state index contributed by atoms with van der Waals surface area (Å²) >= 11 is 0. The molecule has 0 fully saturated rings. The molecule has 1 aliphatic rings. The minimum atomic E-state index is -0.0897. The van der Waals surface area contributed by atoms with Crippen LogP contribution in [0, 0.1) is 0 Å². The summed E-state index contributed by atoms with van der Waals surface area (Å²) in [4.78, 5) is 12.1. The van der Waals surface area contributed by atoms with E-state index >= 15 is 0 Å². The van der Waals surface area contributed by atoms with Gasteiger partial charge in [0, 0.05) is 13.3 Å². The van der Waals surface area contributed by atoms with Gasteiger partial charge in [-0.05, 0) is 55.3 Å². The van der Waals surface area contributed by atoms with Gasteiger partial charge in [-0.1, -0.05) is 30.3 Å². The van der Waals surface area contributed by atoms with Crippen LogP contribution in [0.5, 0.6) is 11.5 Å². The number of benzene rings is 2. The third kappa shape index (κ3) is 4.80. The van der Waals surface area contributed by atoms with Crippen molar-refractivity contribution in [2.75, 3.05) is 13.2 Å². The molecule has 1 heterocycles. The lowest BCUT2D eigenvalue weighted by molar-refractivity contribution is -0.130. The number of hydrogen-bond donors (Lipinski definition) is 0. The Hall–Kier alpha value is -3.08. The Morgan fingerprint density at radius 1 is 1.00 bits per heavy atom. The zero-order valence-corrected chi connectivity index (χ0v) is 16.6. The molecule has 5 nitrogen and oxygen atoms in total. The highest BCUT2D eigenvalue weighted by molar-refractivity contribution is 6.00. The van der Waals surface area contributed by atoms with Crippen LogP contribution < -0.4 is 9.47 Å². The Kier molecular flexibility index (Phi) is 6.48. The molecule has 2 aromatic rings. The van der Waals surface area contributed by atoms with Crippen LogP contribution in [0.3, 0.4) is 0 Å². The molecule has 1 atom stereocenters. The van der Waals surface area contributed by atoms with Crippen molar-refractivity contribution < 1.29 is 14.3 Å². The predicted octanol–water partition coefficient (Wildman–Crippen LogP) is 4.85. The molecule has 0 saturated carbocycles. The molecule has 0 bridgehead atoms. The Bertz CT molecular complexity index is 854. The standard InChI is InChI=1S/C23H26N2O3/c1-4-27-21-12-7-18(8-13-21)6-11-20-16-23(25(24-20)17(3)26)19-9-14-22(15-10-19)28-5-2/h6-15,23H,4-5,16H2,1-3H3/b11-6+. The maximum absolute atomic E-state index is 12.1. The zero-order chi connectivity index (χ0) is 19.9. The van der Waals surface area contributed by atoms with Gasteiger partial charge in [0.1, 0.15) is 11.5 Å². The van der Waals surface area contributed by atoms with Crippen LogP contribution in [0.4, 0.5) is 0 Å². The van der Waals surface area contributed by atoms with Crippen LogP contribution in [-0.2, 0) is 4.79 Å². The van der Waals surface area contributed by atoms with E-state index in [0.717, 1.165) is 28.3 Å². The third-order valence-corrected chi connectivity index (χ3v) is 4.49. The van der Waals surface area contributed by atoms with Gasteiger partial charge in [0.25, 0.3) is 0 Å². The van der Waals surface area contributed by atoms with Crippen LogP contribution in [-0.4, -0.2) is 29.8 Å². The van der Waals surface area contributed by atoms with E-state index in [0.29, 0.717) is 19.6 Å². The van der Waals surface area contributed by atoms with Crippen molar-refractivity contribution in [1.29, 1.82) is 0 Å². The first kappa shape index (κ1) is 19.7. The van der Waals surface area contributed by atoms with Crippen molar-refractivity contribution in [3.8, 4) is 11.5 Å². The fourth-order valence-electron chi connectivity index (χ4n) is 3.17. The van der Waals surface area contributed by atoms with Gasteiger partial charge in [0.2, 0.25) is 5.91 Å². The summed E-state index contributed by atoms with van der Waals surface area (Å²) in [6.45, 7) is 6.75. The molecule has 0 aromatic heterocycles. The van der Waals surface area contributed by atoms with E-state index in [2.05, 4.69) is 5.10 Å². The fraction of sp³-hybridized carbons (Fsp3) is 0.304. The van der Waals surface area contributed by atoms with Gasteiger partial charge in [-0.3, -0.25) is 4.79 Å². The van der Waals surface area contributed by atoms with Gasteiger partial charge in [-0.2, -0.15) is 5.10 Å². The molecule has 1 aliphatic heterocycles. The first-order valence-electron chi connectivity index (χ1n) is 9.61. The molecule has 1 amide bonds. The van der Waals surface area contributed by atoms with Gasteiger partial charge in [-0.25, -0.2) is 5.01 Å².